The van der Waals surface area contributed by atoms with Gasteiger partial charge in [-0.05, 0) is 42.0 Å². The van der Waals surface area contributed by atoms with Gasteiger partial charge in [0.05, 0.1) is 11.1 Å². The number of alkyl halides is 6. The van der Waals surface area contributed by atoms with Gasteiger partial charge in [0, 0.05) is 19.2 Å². The third-order valence-corrected chi connectivity index (χ3v) is 5.67. The van der Waals surface area contributed by atoms with Gasteiger partial charge < -0.3 is 10.2 Å². The third-order valence-electron chi connectivity index (χ3n) is 5.67. The van der Waals surface area contributed by atoms with Crippen LogP contribution in [-0.4, -0.2) is 18.6 Å². The van der Waals surface area contributed by atoms with Crippen molar-refractivity contribution >= 4 is 11.6 Å². The lowest BCUT2D eigenvalue weighted by molar-refractivity contribution is -0.143. The average Bonchev–Trinajstić information content (AvgIpc) is 2.67. The molecule has 2 unspecified atom stereocenters. The molecule has 0 aromatic heterocycles. The van der Waals surface area contributed by atoms with Crippen molar-refractivity contribution in [3.63, 3.8) is 0 Å². The number of hydrogen-bond donors (Lipinski definition) is 1. The molecule has 0 saturated carbocycles. The summed E-state index contributed by atoms with van der Waals surface area (Å²) in [5, 5.41) is 2.70. The van der Waals surface area contributed by atoms with Crippen molar-refractivity contribution in [2.45, 2.75) is 50.6 Å². The monoisotopic (exact) mass is 444 g/mol. The number of nitrogens with one attached hydrogen (secondary N) is 1. The number of benzene rings is 2. The average molecular weight is 444 g/mol. The minimum absolute atomic E-state index is 0.106. The van der Waals surface area contributed by atoms with E-state index in [1.54, 1.807) is 0 Å². The Morgan fingerprint density at radius 2 is 1.55 bits per heavy atom. The van der Waals surface area contributed by atoms with Crippen LogP contribution in [0.4, 0.5) is 32.0 Å². The molecule has 31 heavy (non-hydrogen) atoms. The van der Waals surface area contributed by atoms with Gasteiger partial charge in [-0.1, -0.05) is 37.3 Å². The van der Waals surface area contributed by atoms with Gasteiger partial charge in [-0.2, -0.15) is 26.3 Å². The van der Waals surface area contributed by atoms with Gasteiger partial charge in [0.15, 0.2) is 0 Å². The zero-order chi connectivity index (χ0) is 23.0. The minimum atomic E-state index is -4.94. The number of carbonyl (C=O) groups excluding carboxylic acids is 1. The van der Waals surface area contributed by atoms with Crippen LogP contribution >= 0.6 is 0 Å². The summed E-state index contributed by atoms with van der Waals surface area (Å²) < 4.78 is 79.8. The molecule has 1 saturated heterocycles. The highest BCUT2D eigenvalue weighted by Gasteiger charge is 2.41. The second-order valence-corrected chi connectivity index (χ2v) is 8.05. The van der Waals surface area contributed by atoms with Gasteiger partial charge in [0.25, 0.3) is 0 Å². The molecule has 1 aliphatic heterocycles. The maximum Gasteiger partial charge on any atom is 0.416 e. The Hall–Kier alpha value is -2.71. The Bertz CT molecular complexity index is 909. The maximum atomic E-state index is 13.3. The fraction of sp³-hybridized carbons (Fsp3) is 0.409. The molecular weight excluding hydrogens is 422 g/mol. The first-order valence-corrected chi connectivity index (χ1v) is 9.68. The van der Waals surface area contributed by atoms with E-state index in [-0.39, 0.29) is 18.3 Å². The summed E-state index contributed by atoms with van der Waals surface area (Å²) in [6.07, 6.45) is -9.82. The standard InChI is InChI=1S/C22H22F6N2O/c1-14(31)29-19-13-20(2,15-6-4-3-5-7-15)8-9-30(19)18-11-16(21(23,24)25)10-17(12-18)22(26,27)28/h3-7,10-12,19H,8-9,13H2,1-2H3,(H,29,31). The zero-order valence-electron chi connectivity index (χ0n) is 16.9. The lowest BCUT2D eigenvalue weighted by Crippen LogP contribution is -2.56. The predicted octanol–water partition coefficient (Wildman–Crippen LogP) is 5.74. The normalized spacial score (nSPS) is 22.3. The van der Waals surface area contributed by atoms with Crippen LogP contribution in [0.5, 0.6) is 0 Å². The molecule has 3 rings (SSSR count). The second kappa shape index (κ2) is 8.09. The number of amides is 1. The Balaban J connectivity index is 2.04. The molecular formula is C22H22F6N2O. The topological polar surface area (TPSA) is 32.3 Å². The lowest BCUT2D eigenvalue weighted by Gasteiger charge is -2.46. The summed E-state index contributed by atoms with van der Waals surface area (Å²) in [6.45, 7) is 3.41. The van der Waals surface area contributed by atoms with Gasteiger partial charge in [0.2, 0.25) is 5.91 Å². The number of hydrogen-bond acceptors (Lipinski definition) is 2. The summed E-state index contributed by atoms with van der Waals surface area (Å²) in [7, 11) is 0. The number of nitrogens with zero attached hydrogens (tertiary/aromatic N) is 1. The number of carbonyl (C=O) groups is 1. The third kappa shape index (κ3) is 5.14. The quantitative estimate of drug-likeness (QED) is 0.612. The number of anilines is 1. The Morgan fingerprint density at radius 1 is 1.00 bits per heavy atom. The van der Waals surface area contributed by atoms with E-state index in [1.807, 2.05) is 37.3 Å². The Morgan fingerprint density at radius 3 is 2.03 bits per heavy atom. The van der Waals surface area contributed by atoms with E-state index in [9.17, 15) is 31.1 Å². The smallest absolute Gasteiger partial charge is 0.351 e. The highest BCUT2D eigenvalue weighted by Crippen LogP contribution is 2.42. The predicted molar refractivity (Wildman–Crippen MR) is 104 cm³/mol. The lowest BCUT2D eigenvalue weighted by atomic mass is 9.73. The van der Waals surface area contributed by atoms with E-state index < -0.39 is 41.0 Å². The van der Waals surface area contributed by atoms with Crippen LogP contribution in [0.2, 0.25) is 0 Å². The fourth-order valence-corrected chi connectivity index (χ4v) is 4.04. The van der Waals surface area contributed by atoms with Crippen molar-refractivity contribution in [3.05, 3.63) is 65.2 Å². The fourth-order valence-electron chi connectivity index (χ4n) is 4.04. The molecule has 168 valence electrons. The van der Waals surface area contributed by atoms with Crippen molar-refractivity contribution in [2.24, 2.45) is 0 Å². The van der Waals surface area contributed by atoms with E-state index in [4.69, 9.17) is 0 Å². The van der Waals surface area contributed by atoms with Crippen molar-refractivity contribution < 1.29 is 31.1 Å². The minimum Gasteiger partial charge on any atom is -0.351 e. The van der Waals surface area contributed by atoms with E-state index >= 15 is 0 Å². The van der Waals surface area contributed by atoms with Crippen molar-refractivity contribution in [1.82, 2.24) is 5.32 Å². The van der Waals surface area contributed by atoms with Crippen LogP contribution in [0, 0.1) is 0 Å². The highest BCUT2D eigenvalue weighted by molar-refractivity contribution is 5.74. The van der Waals surface area contributed by atoms with Crippen LogP contribution in [0.25, 0.3) is 0 Å². The molecule has 0 bridgehead atoms. The van der Waals surface area contributed by atoms with Gasteiger partial charge in [-0.15, -0.1) is 0 Å². The van der Waals surface area contributed by atoms with E-state index in [2.05, 4.69) is 5.32 Å². The molecule has 1 amide bonds. The van der Waals surface area contributed by atoms with Crippen LogP contribution in [-0.2, 0) is 22.6 Å². The summed E-state index contributed by atoms with van der Waals surface area (Å²) in [5.41, 5.74) is -2.40. The molecule has 1 fully saturated rings. The van der Waals surface area contributed by atoms with Crippen LogP contribution in [0.15, 0.2) is 48.5 Å². The van der Waals surface area contributed by atoms with Crippen molar-refractivity contribution in [3.8, 4) is 0 Å². The molecule has 3 nitrogen and oxygen atoms in total. The van der Waals surface area contributed by atoms with Crippen LogP contribution in [0.1, 0.15) is 43.4 Å². The molecule has 1 heterocycles. The first-order valence-electron chi connectivity index (χ1n) is 9.68. The molecule has 1 aliphatic rings. The van der Waals surface area contributed by atoms with Crippen LogP contribution < -0.4 is 10.2 Å². The molecule has 0 radical (unpaired) electrons. The van der Waals surface area contributed by atoms with E-state index in [1.165, 1.54) is 11.8 Å². The Labute approximate surface area is 176 Å². The van der Waals surface area contributed by atoms with Crippen molar-refractivity contribution in [2.75, 3.05) is 11.4 Å². The van der Waals surface area contributed by atoms with E-state index in [0.29, 0.717) is 25.0 Å². The largest absolute Gasteiger partial charge is 0.416 e. The zero-order valence-corrected chi connectivity index (χ0v) is 16.9. The first-order chi connectivity index (χ1) is 14.3. The number of piperidine rings is 1. The molecule has 2 atom stereocenters. The van der Waals surface area contributed by atoms with Gasteiger partial charge >= 0.3 is 12.4 Å². The molecule has 9 heteroatoms. The van der Waals surface area contributed by atoms with Gasteiger partial charge in [-0.3, -0.25) is 4.79 Å². The number of halogens is 6. The summed E-state index contributed by atoms with van der Waals surface area (Å²) in [6, 6.07) is 10.9. The summed E-state index contributed by atoms with van der Waals surface area (Å²) >= 11 is 0. The molecule has 2 aromatic carbocycles. The second-order valence-electron chi connectivity index (χ2n) is 8.05. The van der Waals surface area contributed by atoms with Crippen molar-refractivity contribution in [1.29, 1.82) is 0 Å². The first kappa shape index (κ1) is 23.0. The SMILES string of the molecule is CC(=O)NC1CC(C)(c2ccccc2)CCN1c1cc(C(F)(F)F)cc(C(F)(F)F)c1. The van der Waals surface area contributed by atoms with Gasteiger partial charge in [0.1, 0.15) is 6.17 Å². The molecule has 2 aromatic rings. The Kier molecular flexibility index (Phi) is 5.99. The number of rotatable bonds is 3. The van der Waals surface area contributed by atoms with E-state index in [0.717, 1.165) is 5.56 Å². The summed E-state index contributed by atoms with van der Waals surface area (Å²) in [4.78, 5) is 13.2. The summed E-state index contributed by atoms with van der Waals surface area (Å²) in [5.74, 6) is -0.421. The molecule has 1 N–H and O–H groups in total. The highest BCUT2D eigenvalue weighted by atomic mass is 19.4. The molecule has 0 spiro atoms. The molecule has 0 aliphatic carbocycles. The van der Waals surface area contributed by atoms with Gasteiger partial charge in [-0.25, -0.2) is 0 Å². The van der Waals surface area contributed by atoms with Crippen LogP contribution in [0.3, 0.4) is 0 Å². The maximum absolute atomic E-state index is 13.3.